The fourth-order valence-corrected chi connectivity index (χ4v) is 4.47. The van der Waals surface area contributed by atoms with Crippen LogP contribution in [0, 0.1) is 0 Å². The van der Waals surface area contributed by atoms with Gasteiger partial charge in [-0.2, -0.15) is 0 Å². The third kappa shape index (κ3) is 6.62. The monoisotopic (exact) mass is 415 g/mol. The summed E-state index contributed by atoms with van der Waals surface area (Å²) < 4.78 is 0. The van der Waals surface area contributed by atoms with Crippen molar-refractivity contribution in [1.29, 1.82) is 0 Å². The highest BCUT2D eigenvalue weighted by molar-refractivity contribution is 5.96. The molecule has 1 aliphatic heterocycles. The second-order valence-electron chi connectivity index (χ2n) is 8.28. The van der Waals surface area contributed by atoms with E-state index in [0.29, 0.717) is 19.1 Å². The minimum atomic E-state index is -0.281. The number of carbonyl (C=O) groups is 1. The molecule has 1 saturated carbocycles. The van der Waals surface area contributed by atoms with E-state index in [-0.39, 0.29) is 17.2 Å². The number of guanidine groups is 1. The average molecular weight is 416 g/mol. The minimum Gasteiger partial charge on any atom is -0.507 e. The van der Waals surface area contributed by atoms with Crippen LogP contribution in [-0.4, -0.2) is 66.7 Å². The van der Waals surface area contributed by atoms with Gasteiger partial charge in [-0.15, -0.1) is 0 Å². The summed E-state index contributed by atoms with van der Waals surface area (Å²) in [5.41, 5.74) is 0.288. The Morgan fingerprint density at radius 2 is 1.83 bits per heavy atom. The molecule has 7 nitrogen and oxygen atoms in total. The maximum absolute atomic E-state index is 12.2. The van der Waals surface area contributed by atoms with Gasteiger partial charge in [0.15, 0.2) is 5.96 Å². The lowest BCUT2D eigenvalue weighted by molar-refractivity contribution is 0.0952. The van der Waals surface area contributed by atoms with Gasteiger partial charge in [0.1, 0.15) is 5.75 Å². The summed E-state index contributed by atoms with van der Waals surface area (Å²) in [5, 5.41) is 19.5. The van der Waals surface area contributed by atoms with Gasteiger partial charge in [0.2, 0.25) is 0 Å². The molecule has 30 heavy (non-hydrogen) atoms. The lowest BCUT2D eigenvalue weighted by Crippen LogP contribution is -2.51. The van der Waals surface area contributed by atoms with Gasteiger partial charge >= 0.3 is 0 Å². The van der Waals surface area contributed by atoms with Crippen molar-refractivity contribution in [3.63, 3.8) is 0 Å². The molecule has 0 radical (unpaired) electrons. The fourth-order valence-electron chi connectivity index (χ4n) is 4.47. The summed E-state index contributed by atoms with van der Waals surface area (Å²) in [5.74, 6) is 0.523. The average Bonchev–Trinajstić information content (AvgIpc) is 2.78. The predicted octanol–water partition coefficient (Wildman–Crippen LogP) is 2.47. The number of amides is 1. The number of likely N-dealkylation sites (tertiary alicyclic amines) is 1. The topological polar surface area (TPSA) is 89.0 Å². The van der Waals surface area contributed by atoms with E-state index in [1.807, 2.05) is 0 Å². The van der Waals surface area contributed by atoms with Crippen LogP contribution in [0.2, 0.25) is 0 Å². The molecule has 0 bridgehead atoms. The number of hydrogen-bond acceptors (Lipinski definition) is 4. The molecule has 166 valence electrons. The van der Waals surface area contributed by atoms with Crippen molar-refractivity contribution in [3.8, 4) is 5.75 Å². The van der Waals surface area contributed by atoms with E-state index in [2.05, 4.69) is 32.8 Å². The number of nitrogens with one attached hydrogen (secondary N) is 3. The van der Waals surface area contributed by atoms with Gasteiger partial charge in [0.25, 0.3) is 5.91 Å². The maximum Gasteiger partial charge on any atom is 0.255 e. The molecule has 4 N–H and O–H groups in total. The highest BCUT2D eigenvalue weighted by Gasteiger charge is 2.26. The van der Waals surface area contributed by atoms with Crippen LogP contribution in [0.1, 0.15) is 62.2 Å². The van der Waals surface area contributed by atoms with E-state index in [1.54, 1.807) is 18.2 Å². The maximum atomic E-state index is 12.2. The number of aliphatic imine (C=N–C) groups is 1. The normalized spacial score (nSPS) is 19.4. The largest absolute Gasteiger partial charge is 0.507 e. The van der Waals surface area contributed by atoms with E-state index in [1.165, 1.54) is 51.3 Å². The second kappa shape index (κ2) is 11.8. The van der Waals surface area contributed by atoms with Crippen molar-refractivity contribution < 1.29 is 9.90 Å². The molecular weight excluding hydrogens is 378 g/mol. The summed E-state index contributed by atoms with van der Waals surface area (Å²) in [6.45, 7) is 6.09. The number of phenols is 1. The van der Waals surface area contributed by atoms with E-state index < -0.39 is 0 Å². The molecule has 1 aromatic rings. The second-order valence-corrected chi connectivity index (χ2v) is 8.28. The van der Waals surface area contributed by atoms with Gasteiger partial charge in [-0.3, -0.25) is 9.79 Å². The Balaban J connectivity index is 1.41. The highest BCUT2D eigenvalue weighted by Crippen LogP contribution is 2.25. The Morgan fingerprint density at radius 3 is 2.53 bits per heavy atom. The Morgan fingerprint density at radius 1 is 1.10 bits per heavy atom. The summed E-state index contributed by atoms with van der Waals surface area (Å²) in [6.07, 6.45) is 9.21. The molecular formula is C23H37N5O2. The van der Waals surface area contributed by atoms with Crippen molar-refractivity contribution in [2.24, 2.45) is 4.99 Å². The first-order chi connectivity index (χ1) is 14.7. The van der Waals surface area contributed by atoms with Crippen LogP contribution in [0.15, 0.2) is 29.3 Å². The molecule has 0 aromatic heterocycles. The molecule has 0 unspecified atom stereocenters. The zero-order chi connectivity index (χ0) is 21.2. The SMILES string of the molecule is CCNC(=NCCNC(=O)c1ccccc1O)NC1CCN(C2CCCCC2)CC1. The number of carbonyl (C=O) groups excluding carboxylic acids is 1. The summed E-state index contributed by atoms with van der Waals surface area (Å²) >= 11 is 0. The van der Waals surface area contributed by atoms with Gasteiger partial charge in [-0.1, -0.05) is 31.4 Å². The quantitative estimate of drug-likeness (QED) is 0.312. The van der Waals surface area contributed by atoms with Crippen LogP contribution in [0.25, 0.3) is 0 Å². The van der Waals surface area contributed by atoms with Crippen LogP contribution in [0.4, 0.5) is 0 Å². The fraction of sp³-hybridized carbons (Fsp3) is 0.652. The molecule has 1 aliphatic carbocycles. The smallest absolute Gasteiger partial charge is 0.255 e. The number of benzene rings is 1. The predicted molar refractivity (Wildman–Crippen MR) is 121 cm³/mol. The first-order valence-corrected chi connectivity index (χ1v) is 11.5. The van der Waals surface area contributed by atoms with Gasteiger partial charge in [0, 0.05) is 38.3 Å². The number of phenolic OH excluding ortho intramolecular Hbond substituents is 1. The number of nitrogens with zero attached hydrogens (tertiary/aromatic N) is 2. The van der Waals surface area contributed by atoms with Crippen molar-refractivity contribution in [3.05, 3.63) is 29.8 Å². The summed E-state index contributed by atoms with van der Waals surface area (Å²) in [7, 11) is 0. The van der Waals surface area contributed by atoms with Crippen LogP contribution < -0.4 is 16.0 Å². The molecule has 7 heteroatoms. The number of aromatic hydroxyl groups is 1. The number of rotatable bonds is 7. The Labute approximate surface area is 180 Å². The minimum absolute atomic E-state index is 0.00641. The van der Waals surface area contributed by atoms with Crippen LogP contribution in [0.5, 0.6) is 5.75 Å². The van der Waals surface area contributed by atoms with E-state index in [9.17, 15) is 9.90 Å². The third-order valence-electron chi connectivity index (χ3n) is 6.12. The Bertz CT molecular complexity index is 695. The third-order valence-corrected chi connectivity index (χ3v) is 6.12. The molecule has 3 rings (SSSR count). The molecule has 1 amide bonds. The lowest BCUT2D eigenvalue weighted by atomic mass is 9.92. The standard InChI is InChI=1S/C23H37N5O2/c1-2-24-23(26-15-14-25-22(30)20-10-6-7-11-21(20)29)27-18-12-16-28(17-13-18)19-8-4-3-5-9-19/h6-7,10-11,18-19,29H,2-5,8-9,12-17H2,1H3,(H,25,30)(H2,24,26,27). The van der Waals surface area contributed by atoms with Crippen LogP contribution >= 0.6 is 0 Å². The van der Waals surface area contributed by atoms with Crippen LogP contribution in [-0.2, 0) is 0 Å². The number of piperidine rings is 1. The van der Waals surface area contributed by atoms with Crippen LogP contribution in [0.3, 0.4) is 0 Å². The van der Waals surface area contributed by atoms with Gasteiger partial charge in [-0.25, -0.2) is 0 Å². The Hall–Kier alpha value is -2.28. The van der Waals surface area contributed by atoms with Crippen molar-refractivity contribution in [1.82, 2.24) is 20.9 Å². The lowest BCUT2D eigenvalue weighted by Gasteiger charge is -2.39. The summed E-state index contributed by atoms with van der Waals surface area (Å²) in [6, 6.07) is 7.80. The first-order valence-electron chi connectivity index (χ1n) is 11.5. The molecule has 0 atom stereocenters. The zero-order valence-electron chi connectivity index (χ0n) is 18.2. The van der Waals surface area contributed by atoms with Gasteiger partial charge in [0.05, 0.1) is 12.1 Å². The van der Waals surface area contributed by atoms with Gasteiger partial charge < -0.3 is 26.0 Å². The van der Waals surface area contributed by atoms with Gasteiger partial charge in [-0.05, 0) is 44.7 Å². The molecule has 0 spiro atoms. The summed E-state index contributed by atoms with van der Waals surface area (Å²) in [4.78, 5) is 19.5. The number of para-hydroxylation sites is 1. The highest BCUT2D eigenvalue weighted by atomic mass is 16.3. The van der Waals surface area contributed by atoms with Crippen molar-refractivity contribution in [2.75, 3.05) is 32.7 Å². The molecule has 1 aromatic carbocycles. The Kier molecular flexibility index (Phi) is 8.81. The first kappa shape index (κ1) is 22.4. The van der Waals surface area contributed by atoms with E-state index >= 15 is 0 Å². The van der Waals surface area contributed by atoms with E-state index in [0.717, 1.165) is 31.4 Å². The zero-order valence-corrected chi connectivity index (χ0v) is 18.2. The molecule has 2 fully saturated rings. The van der Waals surface area contributed by atoms with Crippen molar-refractivity contribution >= 4 is 11.9 Å². The molecule has 1 heterocycles. The number of hydrogen-bond donors (Lipinski definition) is 4. The molecule has 1 saturated heterocycles. The van der Waals surface area contributed by atoms with Crippen molar-refractivity contribution in [2.45, 2.75) is 64.0 Å². The van der Waals surface area contributed by atoms with E-state index in [4.69, 9.17) is 0 Å². The molecule has 2 aliphatic rings.